The van der Waals surface area contributed by atoms with Crippen molar-refractivity contribution in [2.45, 2.75) is 28.8 Å². The van der Waals surface area contributed by atoms with Gasteiger partial charge in [-0.25, -0.2) is 0 Å². The Morgan fingerprint density at radius 2 is 1.90 bits per heavy atom. The molecule has 0 amide bonds. The minimum atomic E-state index is -4.59. The summed E-state index contributed by atoms with van der Waals surface area (Å²) >= 11 is 2.46. The van der Waals surface area contributed by atoms with Gasteiger partial charge in [-0.05, 0) is 36.9 Å². The molecule has 0 aliphatic heterocycles. The van der Waals surface area contributed by atoms with Gasteiger partial charge in [-0.2, -0.15) is 22.0 Å². The van der Waals surface area contributed by atoms with E-state index >= 15 is 0 Å². The molecule has 0 heterocycles. The molecule has 0 fully saturated rings. The second-order valence-corrected chi connectivity index (χ2v) is 6.11. The summed E-state index contributed by atoms with van der Waals surface area (Å²) in [5, 5.41) is 0. The minimum Gasteiger partial charge on any atom is -0.435 e. The van der Waals surface area contributed by atoms with Crippen LogP contribution >= 0.6 is 27.7 Å². The number of Topliss-reactive ketones (excluding diaryl/α,β-unsaturated/α-hetero) is 1. The average Bonchev–Trinajstić information content (AvgIpc) is 2.23. The van der Waals surface area contributed by atoms with E-state index in [1.54, 1.807) is 0 Å². The number of carbonyl (C=O) groups excluding carboxylic acids is 1. The molecule has 2 nitrogen and oxygen atoms in total. The van der Waals surface area contributed by atoms with Gasteiger partial charge in [0.1, 0.15) is 5.75 Å². The van der Waals surface area contributed by atoms with Gasteiger partial charge in [0.05, 0.1) is 4.83 Å². The molecule has 0 bridgehead atoms. The van der Waals surface area contributed by atoms with Gasteiger partial charge in [0.25, 0.3) is 0 Å². The van der Waals surface area contributed by atoms with Crippen molar-refractivity contribution >= 4 is 33.5 Å². The van der Waals surface area contributed by atoms with Crippen molar-refractivity contribution in [2.24, 2.45) is 0 Å². The number of carbonyl (C=O) groups is 1. The van der Waals surface area contributed by atoms with Crippen LogP contribution in [0.4, 0.5) is 22.0 Å². The maximum absolute atomic E-state index is 12.3. The smallest absolute Gasteiger partial charge is 0.435 e. The molecule has 1 aromatic carbocycles. The van der Waals surface area contributed by atoms with Crippen molar-refractivity contribution in [3.8, 4) is 5.75 Å². The molecule has 0 aromatic heterocycles. The first-order valence-electron chi connectivity index (χ1n) is 5.12. The topological polar surface area (TPSA) is 26.3 Å². The fraction of sp³-hybridized carbons (Fsp3) is 0.364. The van der Waals surface area contributed by atoms with Gasteiger partial charge in [-0.15, -0.1) is 0 Å². The summed E-state index contributed by atoms with van der Waals surface area (Å²) in [5.41, 5.74) is -4.73. The Morgan fingerprint density at radius 1 is 1.30 bits per heavy atom. The zero-order valence-electron chi connectivity index (χ0n) is 9.88. The van der Waals surface area contributed by atoms with Crippen LogP contribution in [-0.4, -0.2) is 22.7 Å². The van der Waals surface area contributed by atoms with Crippen LogP contribution < -0.4 is 4.74 Å². The van der Waals surface area contributed by atoms with Crippen molar-refractivity contribution < 1.29 is 31.5 Å². The highest BCUT2D eigenvalue weighted by atomic mass is 79.9. The molecule has 1 unspecified atom stereocenters. The summed E-state index contributed by atoms with van der Waals surface area (Å²) < 4.78 is 65.3. The molecular weight excluding hydrogens is 371 g/mol. The molecule has 9 heteroatoms. The van der Waals surface area contributed by atoms with Crippen molar-refractivity contribution in [2.75, 3.05) is 0 Å². The largest absolute Gasteiger partial charge is 0.446 e. The van der Waals surface area contributed by atoms with Gasteiger partial charge < -0.3 is 4.74 Å². The van der Waals surface area contributed by atoms with Crippen LogP contribution in [0.3, 0.4) is 0 Å². The van der Waals surface area contributed by atoms with Crippen LogP contribution in [-0.2, 0) is 0 Å². The van der Waals surface area contributed by atoms with Crippen LogP contribution in [0.2, 0.25) is 0 Å². The number of alkyl halides is 6. The van der Waals surface area contributed by atoms with Crippen molar-refractivity contribution in [1.82, 2.24) is 0 Å². The monoisotopic (exact) mass is 378 g/mol. The van der Waals surface area contributed by atoms with Crippen LogP contribution in [0, 0.1) is 0 Å². The normalized spacial score (nSPS) is 13.4. The average molecular weight is 379 g/mol. The molecule has 20 heavy (non-hydrogen) atoms. The summed E-state index contributed by atoms with van der Waals surface area (Å²) in [6.07, 6.45) is 0. The van der Waals surface area contributed by atoms with Gasteiger partial charge in [0.2, 0.25) is 0 Å². The Labute approximate surface area is 123 Å². The van der Waals surface area contributed by atoms with E-state index in [-0.39, 0.29) is 5.56 Å². The second-order valence-electron chi connectivity index (χ2n) is 3.60. The summed E-state index contributed by atoms with van der Waals surface area (Å²) in [5.74, 6) is -1.03. The molecule has 0 aliphatic rings. The van der Waals surface area contributed by atoms with Gasteiger partial charge in [-0.1, -0.05) is 15.9 Å². The number of rotatable bonds is 5. The minimum absolute atomic E-state index is 0.140. The Balaban J connectivity index is 3.17. The predicted octanol–water partition coefficient (Wildman–Crippen LogP) is 4.87. The van der Waals surface area contributed by atoms with Crippen molar-refractivity contribution in [3.05, 3.63) is 23.8 Å². The highest BCUT2D eigenvalue weighted by Crippen LogP contribution is 2.39. The first kappa shape index (κ1) is 17.2. The van der Waals surface area contributed by atoms with E-state index in [1.807, 2.05) is 0 Å². The van der Waals surface area contributed by atoms with E-state index in [4.69, 9.17) is 0 Å². The lowest BCUT2D eigenvalue weighted by atomic mass is 10.1. The molecule has 0 radical (unpaired) electrons. The zero-order valence-corrected chi connectivity index (χ0v) is 12.3. The third-order valence-corrected chi connectivity index (χ3v) is 3.10. The zero-order chi connectivity index (χ0) is 15.5. The molecule has 0 aliphatic carbocycles. The molecule has 112 valence electrons. The number of thioether (sulfide) groups is 1. The molecule has 1 aromatic rings. The first-order valence-corrected chi connectivity index (χ1v) is 6.85. The van der Waals surface area contributed by atoms with Gasteiger partial charge >= 0.3 is 12.1 Å². The standard InChI is InChI=1S/C11H8BrF5O2S/c1-5(12)9(18)6-2-7(19-10(13)14)4-8(3-6)20-11(15,16)17/h2-5,10H,1H3. The number of ketones is 1. The third-order valence-electron chi connectivity index (χ3n) is 1.98. The maximum Gasteiger partial charge on any atom is 0.446 e. The van der Waals surface area contributed by atoms with Crippen molar-refractivity contribution in [3.63, 3.8) is 0 Å². The highest BCUT2D eigenvalue weighted by molar-refractivity contribution is 9.10. The second kappa shape index (κ2) is 6.75. The summed E-state index contributed by atoms with van der Waals surface area (Å²) in [6, 6.07) is 2.77. The quantitative estimate of drug-likeness (QED) is 0.316. The SMILES string of the molecule is CC(Br)C(=O)c1cc(OC(F)F)cc(SC(F)(F)F)c1. The number of hydrogen-bond donors (Lipinski definition) is 0. The number of hydrogen-bond acceptors (Lipinski definition) is 3. The lowest BCUT2D eigenvalue weighted by molar-refractivity contribution is -0.0500. The Hall–Kier alpha value is -0.830. The summed E-state index contributed by atoms with van der Waals surface area (Å²) in [7, 11) is 0. The first-order chi connectivity index (χ1) is 9.08. The molecule has 0 saturated carbocycles. The van der Waals surface area contributed by atoms with E-state index in [9.17, 15) is 26.7 Å². The molecule has 0 saturated heterocycles. The molecular formula is C11H8BrF5O2S. The van der Waals surface area contributed by atoms with Gasteiger partial charge in [0, 0.05) is 10.5 Å². The number of ether oxygens (including phenoxy) is 1. The van der Waals surface area contributed by atoms with E-state index in [0.717, 1.165) is 18.2 Å². The van der Waals surface area contributed by atoms with Crippen LogP contribution in [0.5, 0.6) is 5.75 Å². The highest BCUT2D eigenvalue weighted by Gasteiger charge is 2.30. The Bertz CT molecular complexity index is 490. The Kier molecular flexibility index (Phi) is 5.81. The van der Waals surface area contributed by atoms with Crippen LogP contribution in [0.25, 0.3) is 0 Å². The molecule has 1 atom stereocenters. The number of benzene rings is 1. The maximum atomic E-state index is 12.3. The molecule has 0 spiro atoms. The summed E-state index contributed by atoms with van der Waals surface area (Å²) in [4.78, 5) is 10.7. The lowest BCUT2D eigenvalue weighted by Crippen LogP contribution is -2.11. The van der Waals surface area contributed by atoms with Crippen molar-refractivity contribution in [1.29, 1.82) is 0 Å². The number of halogens is 6. The fourth-order valence-electron chi connectivity index (χ4n) is 1.31. The third kappa shape index (κ3) is 5.66. The predicted molar refractivity (Wildman–Crippen MR) is 67.7 cm³/mol. The summed E-state index contributed by atoms with van der Waals surface area (Å²) in [6.45, 7) is -1.72. The van der Waals surface area contributed by atoms with E-state index in [0.29, 0.717) is 0 Å². The fourth-order valence-corrected chi connectivity index (χ4v) is 2.20. The molecule has 0 N–H and O–H groups in total. The van der Waals surface area contributed by atoms with Gasteiger partial charge in [0.15, 0.2) is 5.78 Å². The van der Waals surface area contributed by atoms with E-state index in [1.165, 1.54) is 6.92 Å². The van der Waals surface area contributed by atoms with E-state index in [2.05, 4.69) is 20.7 Å². The Morgan fingerprint density at radius 3 is 2.35 bits per heavy atom. The van der Waals surface area contributed by atoms with Gasteiger partial charge in [-0.3, -0.25) is 4.79 Å². The molecule has 1 rings (SSSR count). The van der Waals surface area contributed by atoms with Crippen LogP contribution in [0.15, 0.2) is 23.1 Å². The van der Waals surface area contributed by atoms with E-state index < -0.39 is 45.1 Å². The lowest BCUT2D eigenvalue weighted by Gasteiger charge is -2.12. The van der Waals surface area contributed by atoms with Crippen LogP contribution in [0.1, 0.15) is 17.3 Å².